The van der Waals surface area contributed by atoms with Crippen LogP contribution in [0, 0.1) is 10.1 Å². The van der Waals surface area contributed by atoms with Crippen molar-refractivity contribution >= 4 is 41.4 Å². The second kappa shape index (κ2) is 10.8. The molecule has 2 rings (SSSR count). The number of carbonyl (C=O) groups is 2. The molecule has 150 valence electrons. The number of ether oxygens (including phenoxy) is 1. The molecule has 1 heterocycles. The van der Waals surface area contributed by atoms with Gasteiger partial charge in [0.25, 0.3) is 5.69 Å². The lowest BCUT2D eigenvalue weighted by Crippen LogP contribution is -2.14. The van der Waals surface area contributed by atoms with Crippen molar-refractivity contribution in [2.24, 2.45) is 0 Å². The number of nitrogens with zero attached hydrogens (tertiary/aromatic N) is 2. The number of anilines is 2. The van der Waals surface area contributed by atoms with Crippen molar-refractivity contribution < 1.29 is 19.2 Å². The van der Waals surface area contributed by atoms with Crippen LogP contribution >= 0.6 is 12.4 Å². The number of benzene rings is 1. The van der Waals surface area contributed by atoms with E-state index in [0.717, 1.165) is 0 Å². The van der Waals surface area contributed by atoms with Crippen LogP contribution in [0.3, 0.4) is 0 Å². The summed E-state index contributed by atoms with van der Waals surface area (Å²) in [7, 11) is 1.57. The predicted molar refractivity (Wildman–Crippen MR) is 107 cm³/mol. The molecule has 0 saturated heterocycles. The van der Waals surface area contributed by atoms with Gasteiger partial charge in [0, 0.05) is 31.4 Å². The average Bonchev–Trinajstić information content (AvgIpc) is 2.67. The summed E-state index contributed by atoms with van der Waals surface area (Å²) in [6.45, 7) is 2.27. The van der Waals surface area contributed by atoms with Crippen LogP contribution in [0.1, 0.15) is 29.3 Å². The molecule has 2 aromatic rings. The van der Waals surface area contributed by atoms with E-state index >= 15 is 0 Å². The number of pyridine rings is 1. The molecular weight excluding hydrogens is 388 g/mol. The fourth-order valence-electron chi connectivity index (χ4n) is 2.44. The largest absolute Gasteiger partial charge is 0.466 e. The number of esters is 1. The van der Waals surface area contributed by atoms with Gasteiger partial charge in [0.1, 0.15) is 11.5 Å². The number of ketones is 1. The fraction of sp³-hybridized carbons (Fsp3) is 0.278. The minimum atomic E-state index is -0.551. The lowest BCUT2D eigenvalue weighted by molar-refractivity contribution is -0.384. The van der Waals surface area contributed by atoms with Gasteiger partial charge in [-0.05, 0) is 31.2 Å². The zero-order valence-electron chi connectivity index (χ0n) is 15.4. The number of nitrogens with one attached hydrogen (secondary N) is 2. The molecule has 2 N–H and O–H groups in total. The van der Waals surface area contributed by atoms with Gasteiger partial charge < -0.3 is 15.4 Å². The van der Waals surface area contributed by atoms with Crippen LogP contribution in [0.4, 0.5) is 17.2 Å². The maximum absolute atomic E-state index is 12.8. The number of rotatable bonds is 9. The van der Waals surface area contributed by atoms with E-state index in [1.165, 1.54) is 24.4 Å². The average molecular weight is 409 g/mol. The van der Waals surface area contributed by atoms with Crippen LogP contribution < -0.4 is 10.6 Å². The van der Waals surface area contributed by atoms with E-state index in [1.807, 2.05) is 0 Å². The van der Waals surface area contributed by atoms with Crippen molar-refractivity contribution in [3.63, 3.8) is 0 Å². The Hall–Kier alpha value is -3.20. The molecule has 0 amide bonds. The van der Waals surface area contributed by atoms with Crippen LogP contribution in [0.25, 0.3) is 0 Å². The molecule has 0 bridgehead atoms. The van der Waals surface area contributed by atoms with Crippen molar-refractivity contribution in [1.29, 1.82) is 0 Å². The number of carbonyl (C=O) groups excluding carboxylic acids is 2. The standard InChI is InChI=1S/C18H20N4O5.ClH/c1-3-27-16(23)8-10-21-18-13(5-4-9-20-18)17(24)12-6-7-14(19-2)15(11-12)22(25)26;/h4-7,9,11,19H,3,8,10H2,1-2H3,(H,20,21);1H. The van der Waals surface area contributed by atoms with Gasteiger partial charge in [-0.1, -0.05) is 0 Å². The Morgan fingerprint density at radius 3 is 2.68 bits per heavy atom. The summed E-state index contributed by atoms with van der Waals surface area (Å²) in [6, 6.07) is 7.38. The van der Waals surface area contributed by atoms with Gasteiger partial charge in [-0.3, -0.25) is 19.7 Å². The minimum absolute atomic E-state index is 0. The minimum Gasteiger partial charge on any atom is -0.466 e. The summed E-state index contributed by atoms with van der Waals surface area (Å²) < 4.78 is 4.85. The van der Waals surface area contributed by atoms with Crippen molar-refractivity contribution in [3.05, 3.63) is 57.8 Å². The Balaban J connectivity index is 0.00000392. The second-order valence-electron chi connectivity index (χ2n) is 5.45. The normalized spacial score (nSPS) is 9.79. The molecule has 0 aliphatic carbocycles. The number of hydrogen-bond acceptors (Lipinski definition) is 8. The lowest BCUT2D eigenvalue weighted by atomic mass is 10.0. The smallest absolute Gasteiger partial charge is 0.307 e. The zero-order chi connectivity index (χ0) is 19.8. The number of nitro groups is 1. The number of halogens is 1. The van der Waals surface area contributed by atoms with Gasteiger partial charge in [0.15, 0.2) is 5.78 Å². The van der Waals surface area contributed by atoms with E-state index < -0.39 is 10.7 Å². The first-order chi connectivity index (χ1) is 13.0. The van der Waals surface area contributed by atoms with Gasteiger partial charge in [-0.25, -0.2) is 4.98 Å². The fourth-order valence-corrected chi connectivity index (χ4v) is 2.44. The topological polar surface area (TPSA) is 123 Å². The SMILES string of the molecule is CCOC(=O)CCNc1ncccc1C(=O)c1ccc(NC)c([N+](=O)[O-])c1.Cl. The molecule has 1 aromatic heterocycles. The van der Waals surface area contributed by atoms with E-state index in [4.69, 9.17) is 4.74 Å². The second-order valence-corrected chi connectivity index (χ2v) is 5.45. The Bertz CT molecular complexity index is 860. The molecule has 0 unspecified atom stereocenters. The van der Waals surface area contributed by atoms with E-state index in [1.54, 1.807) is 26.1 Å². The van der Waals surface area contributed by atoms with Gasteiger partial charge >= 0.3 is 5.97 Å². The van der Waals surface area contributed by atoms with Crippen LogP contribution in [-0.2, 0) is 9.53 Å². The summed E-state index contributed by atoms with van der Waals surface area (Å²) in [5.41, 5.74) is 0.551. The molecule has 0 fully saturated rings. The molecule has 28 heavy (non-hydrogen) atoms. The summed E-state index contributed by atoms with van der Waals surface area (Å²) in [4.78, 5) is 39.0. The zero-order valence-corrected chi connectivity index (χ0v) is 16.2. The molecule has 9 nitrogen and oxygen atoms in total. The highest BCUT2D eigenvalue weighted by Gasteiger charge is 2.20. The highest BCUT2D eigenvalue weighted by Crippen LogP contribution is 2.27. The van der Waals surface area contributed by atoms with Gasteiger partial charge in [-0.2, -0.15) is 0 Å². The molecule has 0 spiro atoms. The molecule has 0 saturated carbocycles. The third-order valence-electron chi connectivity index (χ3n) is 3.71. The third-order valence-corrected chi connectivity index (χ3v) is 3.71. The van der Waals surface area contributed by atoms with Gasteiger partial charge in [0.2, 0.25) is 0 Å². The molecule has 0 aliphatic rings. The lowest BCUT2D eigenvalue weighted by Gasteiger charge is -2.10. The molecular formula is C18H21ClN4O5. The van der Waals surface area contributed by atoms with E-state index in [2.05, 4.69) is 15.6 Å². The Labute approximate surface area is 168 Å². The van der Waals surface area contributed by atoms with Gasteiger partial charge in [-0.15, -0.1) is 12.4 Å². The first kappa shape index (κ1) is 22.8. The highest BCUT2D eigenvalue weighted by atomic mass is 35.5. The first-order valence-electron chi connectivity index (χ1n) is 8.33. The van der Waals surface area contributed by atoms with Crippen LogP contribution in [0.5, 0.6) is 0 Å². The van der Waals surface area contributed by atoms with E-state index in [0.29, 0.717) is 18.1 Å². The quantitative estimate of drug-likeness (QED) is 0.281. The highest BCUT2D eigenvalue weighted by molar-refractivity contribution is 6.12. The monoisotopic (exact) mass is 408 g/mol. The van der Waals surface area contributed by atoms with Crippen molar-refractivity contribution in [3.8, 4) is 0 Å². The molecule has 1 aromatic carbocycles. The molecule has 10 heteroatoms. The van der Waals surface area contributed by atoms with E-state index in [-0.39, 0.29) is 48.2 Å². The third kappa shape index (κ3) is 5.65. The van der Waals surface area contributed by atoms with Crippen molar-refractivity contribution in [2.75, 3.05) is 30.8 Å². The first-order valence-corrected chi connectivity index (χ1v) is 8.33. The summed E-state index contributed by atoms with van der Waals surface area (Å²) in [5.74, 6) is -0.466. The molecule has 0 atom stereocenters. The van der Waals surface area contributed by atoms with Crippen molar-refractivity contribution in [2.45, 2.75) is 13.3 Å². The maximum Gasteiger partial charge on any atom is 0.307 e. The molecule has 0 aliphatic heterocycles. The van der Waals surface area contributed by atoms with Crippen LogP contribution in [-0.4, -0.2) is 41.9 Å². The Morgan fingerprint density at radius 1 is 1.29 bits per heavy atom. The Kier molecular flexibility index (Phi) is 8.83. The summed E-state index contributed by atoms with van der Waals surface area (Å²) in [5, 5.41) is 16.9. The number of hydrogen-bond donors (Lipinski definition) is 2. The Morgan fingerprint density at radius 2 is 2.04 bits per heavy atom. The molecule has 0 radical (unpaired) electrons. The predicted octanol–water partition coefficient (Wildman–Crippen LogP) is 3.05. The maximum atomic E-state index is 12.8. The van der Waals surface area contributed by atoms with Crippen molar-refractivity contribution in [1.82, 2.24) is 4.98 Å². The van der Waals surface area contributed by atoms with Crippen LogP contribution in [0.15, 0.2) is 36.5 Å². The number of nitro benzene ring substituents is 1. The summed E-state index contributed by atoms with van der Waals surface area (Å²) >= 11 is 0. The summed E-state index contributed by atoms with van der Waals surface area (Å²) in [6.07, 6.45) is 1.64. The number of aromatic nitrogens is 1. The van der Waals surface area contributed by atoms with E-state index in [9.17, 15) is 19.7 Å². The van der Waals surface area contributed by atoms with Crippen LogP contribution in [0.2, 0.25) is 0 Å². The van der Waals surface area contributed by atoms with Gasteiger partial charge in [0.05, 0.1) is 23.5 Å².